The lowest BCUT2D eigenvalue weighted by molar-refractivity contribution is 0.0697. The smallest absolute Gasteiger partial charge is 0.339 e. The maximum absolute atomic E-state index is 11.4. The van der Waals surface area contributed by atoms with Crippen molar-refractivity contribution >= 4 is 22.7 Å². The van der Waals surface area contributed by atoms with E-state index in [9.17, 15) is 9.90 Å². The van der Waals surface area contributed by atoms with E-state index >= 15 is 0 Å². The van der Waals surface area contributed by atoms with Crippen LogP contribution in [-0.2, 0) is 13.6 Å². The predicted molar refractivity (Wildman–Crippen MR) is 76.2 cm³/mol. The first-order chi connectivity index (χ1) is 10.1. The summed E-state index contributed by atoms with van der Waals surface area (Å²) in [5.74, 6) is -1.03. The van der Waals surface area contributed by atoms with Gasteiger partial charge in [0.05, 0.1) is 29.3 Å². The van der Waals surface area contributed by atoms with Gasteiger partial charge in [-0.1, -0.05) is 0 Å². The molecule has 0 bridgehead atoms. The second kappa shape index (κ2) is 4.93. The lowest BCUT2D eigenvalue weighted by atomic mass is 10.1. The zero-order valence-electron chi connectivity index (χ0n) is 11.6. The highest BCUT2D eigenvalue weighted by Crippen LogP contribution is 2.29. The number of carboxylic acid groups (broad SMARTS) is 1. The molecule has 3 aromatic rings. The molecule has 0 aliphatic heterocycles. The summed E-state index contributed by atoms with van der Waals surface area (Å²) in [5.41, 5.74) is 2.96. The summed E-state index contributed by atoms with van der Waals surface area (Å²) < 4.78 is 6.65. The molecule has 0 aliphatic carbocycles. The number of pyridine rings is 1. The molecule has 7 nitrogen and oxygen atoms in total. The van der Waals surface area contributed by atoms with E-state index in [-0.39, 0.29) is 5.56 Å². The molecule has 0 radical (unpaired) electrons. The molecule has 0 unspecified atom stereocenters. The average Bonchev–Trinajstić information content (AvgIpc) is 3.05. The van der Waals surface area contributed by atoms with Crippen LogP contribution in [0.1, 0.15) is 21.6 Å². The van der Waals surface area contributed by atoms with Gasteiger partial charge in [-0.25, -0.2) is 9.78 Å². The molecule has 21 heavy (non-hydrogen) atoms. The summed E-state index contributed by atoms with van der Waals surface area (Å²) in [6.07, 6.45) is 4.54. The van der Waals surface area contributed by atoms with Crippen molar-refractivity contribution in [2.24, 2.45) is 7.05 Å². The summed E-state index contributed by atoms with van der Waals surface area (Å²) in [6.45, 7) is 2.29. The fourth-order valence-corrected chi connectivity index (χ4v) is 2.34. The van der Waals surface area contributed by atoms with Crippen molar-refractivity contribution in [3.8, 4) is 0 Å². The number of furan rings is 1. The first-order valence-electron chi connectivity index (χ1n) is 6.38. The summed E-state index contributed by atoms with van der Waals surface area (Å²) in [6, 6.07) is 1.82. The van der Waals surface area contributed by atoms with Gasteiger partial charge in [0.25, 0.3) is 0 Å². The first kappa shape index (κ1) is 13.2. The van der Waals surface area contributed by atoms with E-state index in [1.807, 2.05) is 13.0 Å². The number of carbonyl (C=O) groups is 1. The van der Waals surface area contributed by atoms with Crippen LogP contribution in [0, 0.1) is 6.92 Å². The highest BCUT2D eigenvalue weighted by molar-refractivity contribution is 6.04. The van der Waals surface area contributed by atoms with Crippen LogP contribution in [0.25, 0.3) is 11.0 Å². The first-order valence-corrected chi connectivity index (χ1v) is 6.38. The minimum atomic E-state index is -1.03. The molecular weight excluding hydrogens is 272 g/mol. The fourth-order valence-electron chi connectivity index (χ4n) is 2.34. The zero-order chi connectivity index (χ0) is 15.0. The van der Waals surface area contributed by atoms with Crippen LogP contribution in [0.3, 0.4) is 0 Å². The molecule has 108 valence electrons. The van der Waals surface area contributed by atoms with E-state index in [2.05, 4.69) is 15.4 Å². The number of aromatic nitrogens is 3. The number of rotatable bonds is 4. The van der Waals surface area contributed by atoms with Crippen molar-refractivity contribution in [2.45, 2.75) is 13.5 Å². The third-order valence-electron chi connectivity index (χ3n) is 3.31. The van der Waals surface area contributed by atoms with Crippen molar-refractivity contribution in [3.63, 3.8) is 0 Å². The van der Waals surface area contributed by atoms with E-state index in [1.165, 1.54) is 6.20 Å². The Hall–Kier alpha value is -2.83. The van der Waals surface area contributed by atoms with Crippen LogP contribution < -0.4 is 5.32 Å². The number of fused-ring (bicyclic) bond motifs is 1. The second-order valence-corrected chi connectivity index (χ2v) is 4.74. The minimum absolute atomic E-state index is 0.127. The van der Waals surface area contributed by atoms with E-state index in [4.69, 9.17) is 4.42 Å². The summed E-state index contributed by atoms with van der Waals surface area (Å²) in [4.78, 5) is 15.6. The molecule has 3 rings (SSSR count). The van der Waals surface area contributed by atoms with Gasteiger partial charge in [0.2, 0.25) is 0 Å². The number of aromatic carboxylic acids is 1. The average molecular weight is 286 g/mol. The Bertz CT molecular complexity index is 805. The standard InChI is InChI=1S/C14H14N4O3/c1-8-11-12(15-5-9-3-4-21-7-9)10(14(19)20)6-16-13(11)18(2)17-8/h3-4,6-7H,5H2,1-2H3,(H,15,16)(H,19,20). The normalized spacial score (nSPS) is 11.0. The summed E-state index contributed by atoms with van der Waals surface area (Å²) in [7, 11) is 1.78. The molecule has 0 fully saturated rings. The number of hydrogen-bond donors (Lipinski definition) is 2. The Morgan fingerprint density at radius 2 is 2.33 bits per heavy atom. The van der Waals surface area contributed by atoms with Crippen molar-refractivity contribution in [1.29, 1.82) is 0 Å². The maximum Gasteiger partial charge on any atom is 0.339 e. The van der Waals surface area contributed by atoms with Gasteiger partial charge in [-0.05, 0) is 13.0 Å². The molecule has 7 heteroatoms. The monoisotopic (exact) mass is 286 g/mol. The third kappa shape index (κ3) is 2.22. The van der Waals surface area contributed by atoms with Gasteiger partial charge in [0.15, 0.2) is 5.65 Å². The molecule has 3 heterocycles. The zero-order valence-corrected chi connectivity index (χ0v) is 11.6. The molecular formula is C14H14N4O3. The van der Waals surface area contributed by atoms with Crippen molar-refractivity contribution < 1.29 is 14.3 Å². The van der Waals surface area contributed by atoms with E-state index in [0.29, 0.717) is 17.9 Å². The fraction of sp³-hybridized carbons (Fsp3) is 0.214. The Morgan fingerprint density at radius 3 is 3.00 bits per heavy atom. The molecule has 2 N–H and O–H groups in total. The van der Waals surface area contributed by atoms with Gasteiger partial charge < -0.3 is 14.8 Å². The number of nitrogens with zero attached hydrogens (tertiary/aromatic N) is 3. The third-order valence-corrected chi connectivity index (χ3v) is 3.31. The molecule has 0 aromatic carbocycles. The SMILES string of the molecule is Cc1nn(C)c2ncc(C(=O)O)c(NCc3ccoc3)c12. The minimum Gasteiger partial charge on any atom is -0.478 e. The highest BCUT2D eigenvalue weighted by atomic mass is 16.4. The lowest BCUT2D eigenvalue weighted by Gasteiger charge is -2.10. The second-order valence-electron chi connectivity index (χ2n) is 4.74. The number of aryl methyl sites for hydroxylation is 2. The van der Waals surface area contributed by atoms with Crippen LogP contribution in [0.4, 0.5) is 5.69 Å². The predicted octanol–water partition coefficient (Wildman–Crippen LogP) is 2.18. The van der Waals surface area contributed by atoms with Crippen LogP contribution >= 0.6 is 0 Å². The highest BCUT2D eigenvalue weighted by Gasteiger charge is 2.19. The Morgan fingerprint density at radius 1 is 1.52 bits per heavy atom. The number of carboxylic acids is 1. The van der Waals surface area contributed by atoms with E-state index in [1.54, 1.807) is 24.3 Å². The molecule has 0 saturated heterocycles. The van der Waals surface area contributed by atoms with Crippen molar-refractivity contribution in [3.05, 3.63) is 41.6 Å². The van der Waals surface area contributed by atoms with Crippen LogP contribution in [0.5, 0.6) is 0 Å². The Balaban J connectivity index is 2.12. The van der Waals surface area contributed by atoms with Gasteiger partial charge in [-0.15, -0.1) is 0 Å². The molecule has 0 saturated carbocycles. The number of anilines is 1. The maximum atomic E-state index is 11.4. The summed E-state index contributed by atoms with van der Waals surface area (Å²) >= 11 is 0. The van der Waals surface area contributed by atoms with E-state index < -0.39 is 5.97 Å². The molecule has 3 aromatic heterocycles. The largest absolute Gasteiger partial charge is 0.478 e. The molecule has 0 amide bonds. The molecule has 0 aliphatic rings. The lowest BCUT2D eigenvalue weighted by Crippen LogP contribution is -2.08. The number of hydrogen-bond acceptors (Lipinski definition) is 5. The van der Waals surface area contributed by atoms with Gasteiger partial charge in [0.1, 0.15) is 5.56 Å². The van der Waals surface area contributed by atoms with Crippen molar-refractivity contribution in [2.75, 3.05) is 5.32 Å². The van der Waals surface area contributed by atoms with Crippen molar-refractivity contribution in [1.82, 2.24) is 14.8 Å². The summed E-state index contributed by atoms with van der Waals surface area (Å²) in [5, 5.41) is 17.5. The quantitative estimate of drug-likeness (QED) is 0.763. The number of nitrogens with one attached hydrogen (secondary N) is 1. The molecule has 0 spiro atoms. The topological polar surface area (TPSA) is 93.2 Å². The molecule has 0 atom stereocenters. The van der Waals surface area contributed by atoms with Gasteiger partial charge in [0, 0.05) is 25.4 Å². The van der Waals surface area contributed by atoms with Crippen LogP contribution in [0.15, 0.2) is 29.2 Å². The van der Waals surface area contributed by atoms with E-state index in [0.717, 1.165) is 16.6 Å². The Kier molecular flexibility index (Phi) is 3.09. The van der Waals surface area contributed by atoms with Gasteiger partial charge >= 0.3 is 5.97 Å². The Labute approximate surface area is 120 Å². The van der Waals surface area contributed by atoms with Crippen LogP contribution in [-0.4, -0.2) is 25.8 Å². The van der Waals surface area contributed by atoms with Crippen LogP contribution in [0.2, 0.25) is 0 Å². The van der Waals surface area contributed by atoms with Gasteiger partial charge in [-0.3, -0.25) is 4.68 Å². The van der Waals surface area contributed by atoms with Gasteiger partial charge in [-0.2, -0.15) is 5.10 Å².